The molecule has 4 heteroatoms. The van der Waals surface area contributed by atoms with Crippen LogP contribution < -0.4 is 11.1 Å². The lowest BCUT2D eigenvalue weighted by Crippen LogP contribution is -2.43. The Morgan fingerprint density at radius 1 is 1.71 bits per heavy atom. The maximum atomic E-state index is 11.5. The molecule has 1 aliphatic carbocycles. The van der Waals surface area contributed by atoms with Crippen LogP contribution in [0.3, 0.4) is 0 Å². The normalized spacial score (nSPS) is 25.6. The first-order valence-electron chi connectivity index (χ1n) is 5.02. The van der Waals surface area contributed by atoms with Gasteiger partial charge in [0, 0.05) is 19.8 Å². The van der Waals surface area contributed by atoms with Gasteiger partial charge in [-0.3, -0.25) is 4.79 Å². The first-order valence-corrected chi connectivity index (χ1v) is 5.02. The Bertz CT molecular complexity index is 216. The van der Waals surface area contributed by atoms with E-state index in [-0.39, 0.29) is 11.3 Å². The quantitative estimate of drug-likeness (QED) is 0.669. The molecular weight excluding hydrogens is 180 g/mol. The van der Waals surface area contributed by atoms with Gasteiger partial charge < -0.3 is 15.8 Å². The van der Waals surface area contributed by atoms with E-state index in [4.69, 9.17) is 10.5 Å². The maximum absolute atomic E-state index is 11.5. The molecular formula is C10H20N2O2. The zero-order valence-electron chi connectivity index (χ0n) is 9.17. The third kappa shape index (κ3) is 2.96. The van der Waals surface area contributed by atoms with Crippen LogP contribution in [0.5, 0.6) is 0 Å². The average Bonchev–Trinajstić information content (AvgIpc) is 2.69. The van der Waals surface area contributed by atoms with E-state index < -0.39 is 6.04 Å². The molecule has 1 amide bonds. The molecule has 2 atom stereocenters. The Balaban J connectivity index is 2.22. The van der Waals surface area contributed by atoms with Crippen molar-refractivity contribution in [1.82, 2.24) is 5.32 Å². The Morgan fingerprint density at radius 2 is 2.29 bits per heavy atom. The number of methoxy groups -OCH3 is 1. The van der Waals surface area contributed by atoms with Gasteiger partial charge >= 0.3 is 0 Å². The molecule has 2 unspecified atom stereocenters. The van der Waals surface area contributed by atoms with Gasteiger partial charge in [-0.2, -0.15) is 0 Å². The van der Waals surface area contributed by atoms with E-state index in [9.17, 15) is 4.79 Å². The Kier molecular flexibility index (Phi) is 3.50. The molecule has 3 N–H and O–H groups in total. The highest BCUT2D eigenvalue weighted by Gasteiger charge is 2.46. The molecule has 1 saturated carbocycles. The second-order valence-electron chi connectivity index (χ2n) is 4.64. The van der Waals surface area contributed by atoms with Crippen LogP contribution in [0, 0.1) is 5.41 Å². The van der Waals surface area contributed by atoms with Gasteiger partial charge in [0.1, 0.15) is 0 Å². The van der Waals surface area contributed by atoms with Gasteiger partial charge in [-0.25, -0.2) is 0 Å². The predicted octanol–water partition coefficient (Wildman–Crippen LogP) is 0.265. The minimum atomic E-state index is -0.439. The number of carbonyl (C=O) groups is 1. The van der Waals surface area contributed by atoms with Crippen molar-refractivity contribution in [3.63, 3.8) is 0 Å². The number of hydrogen-bond acceptors (Lipinski definition) is 3. The van der Waals surface area contributed by atoms with Crippen molar-refractivity contribution < 1.29 is 9.53 Å². The van der Waals surface area contributed by atoms with Crippen LogP contribution in [0.1, 0.15) is 26.7 Å². The molecule has 0 aromatic heterocycles. The molecule has 1 rings (SSSR count). The van der Waals surface area contributed by atoms with E-state index >= 15 is 0 Å². The third-order valence-corrected chi connectivity index (χ3v) is 2.80. The van der Waals surface area contributed by atoms with Crippen molar-refractivity contribution in [3.8, 4) is 0 Å². The van der Waals surface area contributed by atoms with E-state index in [1.165, 1.54) is 0 Å². The zero-order valence-corrected chi connectivity index (χ0v) is 9.17. The minimum Gasteiger partial charge on any atom is -0.385 e. The molecule has 0 bridgehead atoms. The fourth-order valence-electron chi connectivity index (χ4n) is 1.37. The summed E-state index contributed by atoms with van der Waals surface area (Å²) in [5.74, 6) is -0.0578. The van der Waals surface area contributed by atoms with Crippen LogP contribution in [0.25, 0.3) is 0 Å². The van der Waals surface area contributed by atoms with Crippen LogP contribution in [0.4, 0.5) is 0 Å². The van der Waals surface area contributed by atoms with Crippen molar-refractivity contribution in [2.45, 2.75) is 38.8 Å². The van der Waals surface area contributed by atoms with E-state index in [0.717, 1.165) is 6.42 Å². The van der Waals surface area contributed by atoms with E-state index in [0.29, 0.717) is 19.1 Å². The topological polar surface area (TPSA) is 64.3 Å². The van der Waals surface area contributed by atoms with E-state index in [2.05, 4.69) is 19.2 Å². The summed E-state index contributed by atoms with van der Waals surface area (Å²) in [6, 6.07) is -0.130. The predicted molar refractivity (Wildman–Crippen MR) is 54.8 cm³/mol. The summed E-state index contributed by atoms with van der Waals surface area (Å²) in [5, 5.41) is 2.93. The number of ether oxygens (including phenoxy) is 1. The highest BCUT2D eigenvalue weighted by atomic mass is 16.5. The summed E-state index contributed by atoms with van der Waals surface area (Å²) in [6.45, 7) is 4.81. The molecule has 82 valence electrons. The van der Waals surface area contributed by atoms with Crippen molar-refractivity contribution in [3.05, 3.63) is 0 Å². The number of nitrogens with one attached hydrogen (secondary N) is 1. The number of rotatable bonds is 5. The molecule has 1 aliphatic rings. The van der Waals surface area contributed by atoms with E-state index in [1.807, 2.05) is 0 Å². The zero-order chi connectivity index (χ0) is 10.8. The first kappa shape index (κ1) is 11.5. The summed E-state index contributed by atoms with van der Waals surface area (Å²) >= 11 is 0. The Morgan fingerprint density at radius 3 is 2.71 bits per heavy atom. The maximum Gasteiger partial charge on any atom is 0.237 e. The molecule has 0 spiro atoms. The summed E-state index contributed by atoms with van der Waals surface area (Å²) in [6.07, 6.45) is 1.63. The van der Waals surface area contributed by atoms with Crippen LogP contribution in [0.15, 0.2) is 0 Å². The molecule has 0 aromatic rings. The van der Waals surface area contributed by atoms with Crippen molar-refractivity contribution >= 4 is 5.91 Å². The molecule has 0 saturated heterocycles. The van der Waals surface area contributed by atoms with Gasteiger partial charge in [0.05, 0.1) is 6.04 Å². The van der Waals surface area contributed by atoms with Crippen molar-refractivity contribution in [2.24, 2.45) is 11.1 Å². The number of amides is 1. The van der Waals surface area contributed by atoms with Gasteiger partial charge in [0.25, 0.3) is 0 Å². The fraction of sp³-hybridized carbons (Fsp3) is 0.900. The highest BCUT2D eigenvalue weighted by Crippen LogP contribution is 2.44. The Labute approximate surface area is 85.2 Å². The average molecular weight is 200 g/mol. The SMILES string of the molecule is COCCC(N)C(=O)NC1CC1(C)C. The van der Waals surface area contributed by atoms with Crippen LogP contribution in [-0.2, 0) is 9.53 Å². The van der Waals surface area contributed by atoms with Gasteiger partial charge in [-0.1, -0.05) is 13.8 Å². The Hall–Kier alpha value is -0.610. The summed E-state index contributed by atoms with van der Waals surface area (Å²) in [5.41, 5.74) is 5.94. The summed E-state index contributed by atoms with van der Waals surface area (Å²) < 4.78 is 4.86. The molecule has 1 fully saturated rings. The molecule has 4 nitrogen and oxygen atoms in total. The minimum absolute atomic E-state index is 0.0578. The van der Waals surface area contributed by atoms with Gasteiger partial charge in [0.2, 0.25) is 5.91 Å². The third-order valence-electron chi connectivity index (χ3n) is 2.80. The molecule has 0 aliphatic heterocycles. The van der Waals surface area contributed by atoms with E-state index in [1.54, 1.807) is 7.11 Å². The first-order chi connectivity index (χ1) is 6.47. The smallest absolute Gasteiger partial charge is 0.237 e. The largest absolute Gasteiger partial charge is 0.385 e. The van der Waals surface area contributed by atoms with Gasteiger partial charge in [-0.05, 0) is 18.3 Å². The van der Waals surface area contributed by atoms with Crippen LogP contribution in [0.2, 0.25) is 0 Å². The second-order valence-corrected chi connectivity index (χ2v) is 4.64. The second kappa shape index (κ2) is 4.28. The fourth-order valence-corrected chi connectivity index (χ4v) is 1.37. The van der Waals surface area contributed by atoms with Crippen molar-refractivity contribution in [2.75, 3.05) is 13.7 Å². The summed E-state index contributed by atoms with van der Waals surface area (Å²) in [4.78, 5) is 11.5. The van der Waals surface area contributed by atoms with Crippen molar-refractivity contribution in [1.29, 1.82) is 0 Å². The van der Waals surface area contributed by atoms with Gasteiger partial charge in [-0.15, -0.1) is 0 Å². The number of hydrogen-bond donors (Lipinski definition) is 2. The highest BCUT2D eigenvalue weighted by molar-refractivity contribution is 5.82. The van der Waals surface area contributed by atoms with Gasteiger partial charge in [0.15, 0.2) is 0 Å². The monoisotopic (exact) mass is 200 g/mol. The number of nitrogens with two attached hydrogens (primary N) is 1. The molecule has 14 heavy (non-hydrogen) atoms. The van der Waals surface area contributed by atoms with Crippen LogP contribution in [-0.4, -0.2) is 31.7 Å². The number of carbonyl (C=O) groups excluding carboxylic acids is 1. The van der Waals surface area contributed by atoms with Crippen LogP contribution >= 0.6 is 0 Å². The molecule has 0 heterocycles. The molecule has 0 aromatic carbocycles. The lowest BCUT2D eigenvalue weighted by Gasteiger charge is -2.12. The lowest BCUT2D eigenvalue weighted by atomic mass is 10.1. The molecule has 0 radical (unpaired) electrons. The lowest BCUT2D eigenvalue weighted by molar-refractivity contribution is -0.123. The standard InChI is InChI=1S/C10H20N2O2/c1-10(2)6-8(10)12-9(13)7(11)4-5-14-3/h7-8H,4-6,11H2,1-3H3,(H,12,13). The summed E-state index contributed by atoms with van der Waals surface area (Å²) in [7, 11) is 1.61.